The fraction of sp³-hybridized carbons (Fsp3) is 0.353. The Morgan fingerprint density at radius 3 is 1.89 bits per heavy atom. The minimum atomic E-state index is -1.10. The summed E-state index contributed by atoms with van der Waals surface area (Å²) in [4.78, 5) is 57.9. The third-order valence-corrected chi connectivity index (χ3v) is 10.9. The van der Waals surface area contributed by atoms with Gasteiger partial charge in [0.15, 0.2) is 6.61 Å². The smallest absolute Gasteiger partial charge is 0.338 e. The molecule has 0 saturated carbocycles. The largest absolute Gasteiger partial charge is 0.493 e. The molecule has 0 bridgehead atoms. The molecule has 14 nitrogen and oxygen atoms in total. The van der Waals surface area contributed by atoms with E-state index in [2.05, 4.69) is 52.3 Å². The lowest BCUT2D eigenvalue weighted by Gasteiger charge is -2.25. The standard InChI is InChI=1S/C51H63N7O7/c1-3-5-15-32-63-43-28-26-36-20-9-11-22-38(36)46(43)47-39-23-12-10-21-37(39)27-29-44(47)64-34-45(59)56-40(24-13-14-30-52)48(60)57-41(25-16-31-55-51(53)54)49(61)58-42(17-4-2)50(62)65-33-35-18-7-6-8-19-35/h4,6-12,18-23,26-29,40-42H,2-3,5,13-17,24-25,30-34,52H2,1H3,(H,56,59)(H,57,60)(H,58,61)(H4,53,54,55)/p+2/t40-,41-,42+/m1/s1. The average Bonchev–Trinajstić information content (AvgIpc) is 3.31. The molecule has 0 aromatic heterocycles. The van der Waals surface area contributed by atoms with Crippen LogP contribution in [0.3, 0.4) is 0 Å². The Bertz CT molecular complexity index is 2390. The van der Waals surface area contributed by atoms with E-state index in [-0.39, 0.29) is 31.8 Å². The van der Waals surface area contributed by atoms with Crippen LogP contribution in [0, 0.1) is 0 Å². The molecule has 5 aromatic carbocycles. The zero-order valence-corrected chi connectivity index (χ0v) is 37.5. The molecule has 0 aliphatic heterocycles. The molecule has 0 aliphatic carbocycles. The number of guanidine groups is 1. The van der Waals surface area contributed by atoms with Crippen LogP contribution < -0.4 is 47.6 Å². The third kappa shape index (κ3) is 14.8. The maximum Gasteiger partial charge on any atom is 0.338 e. The normalized spacial score (nSPS) is 12.3. The molecule has 5 aromatic rings. The Kier molecular flexibility index (Phi) is 19.6. The number of hydrogen-bond acceptors (Lipinski definition) is 7. The van der Waals surface area contributed by atoms with Crippen molar-refractivity contribution in [2.75, 3.05) is 26.3 Å². The Balaban J connectivity index is 1.36. The molecule has 0 fully saturated rings. The van der Waals surface area contributed by atoms with Crippen molar-refractivity contribution in [2.24, 2.45) is 11.5 Å². The molecular weight excluding hydrogens is 823 g/mol. The van der Waals surface area contributed by atoms with Crippen LogP contribution in [-0.4, -0.2) is 74.1 Å². The Morgan fingerprint density at radius 1 is 0.692 bits per heavy atom. The van der Waals surface area contributed by atoms with Gasteiger partial charge in [0.25, 0.3) is 5.91 Å². The number of nitrogens with two attached hydrogens (primary N) is 2. The van der Waals surface area contributed by atoms with Crippen LogP contribution in [-0.2, 0) is 30.5 Å². The monoisotopic (exact) mass is 887 g/mol. The molecule has 0 heterocycles. The summed E-state index contributed by atoms with van der Waals surface area (Å²) >= 11 is 0. The first-order valence-corrected chi connectivity index (χ1v) is 22.6. The van der Waals surface area contributed by atoms with E-state index >= 15 is 0 Å². The molecule has 11 N–H and O–H groups in total. The maximum atomic E-state index is 14.1. The van der Waals surface area contributed by atoms with Crippen molar-refractivity contribution in [3.05, 3.63) is 121 Å². The van der Waals surface area contributed by atoms with E-state index in [1.165, 1.54) is 6.08 Å². The minimum absolute atomic E-state index is 0.0155. The van der Waals surface area contributed by atoms with Gasteiger partial charge < -0.3 is 35.9 Å². The van der Waals surface area contributed by atoms with Crippen LogP contribution in [0.1, 0.15) is 70.3 Å². The van der Waals surface area contributed by atoms with E-state index in [0.717, 1.165) is 57.5 Å². The SMILES string of the molecule is C=CC[C@H](NC(=O)[C@@H](CCC[NH+]=C(N)N)NC(=O)[C@@H](CCCC[NH3+])NC(=O)COc1ccc2ccccc2c1-c1c(OCCCCC)ccc2ccccc12)C(=O)OCc1ccccc1. The summed E-state index contributed by atoms with van der Waals surface area (Å²) in [6.45, 7) is 7.02. The molecule has 3 atom stereocenters. The van der Waals surface area contributed by atoms with E-state index < -0.39 is 48.4 Å². The van der Waals surface area contributed by atoms with Crippen molar-refractivity contribution in [1.29, 1.82) is 0 Å². The van der Waals surface area contributed by atoms with Gasteiger partial charge in [-0.1, -0.05) is 117 Å². The zero-order chi connectivity index (χ0) is 46.4. The first-order valence-electron chi connectivity index (χ1n) is 22.6. The van der Waals surface area contributed by atoms with Gasteiger partial charge >= 0.3 is 11.9 Å². The van der Waals surface area contributed by atoms with Gasteiger partial charge in [-0.05, 0) is 84.2 Å². The third-order valence-electron chi connectivity index (χ3n) is 10.9. The lowest BCUT2D eigenvalue weighted by molar-refractivity contribution is -0.459. The van der Waals surface area contributed by atoms with Gasteiger partial charge in [0.2, 0.25) is 11.8 Å². The molecule has 3 amide bonds. The number of ether oxygens (including phenoxy) is 3. The van der Waals surface area contributed by atoms with Crippen molar-refractivity contribution >= 4 is 51.2 Å². The highest BCUT2D eigenvalue weighted by Gasteiger charge is 2.30. The number of fused-ring (bicyclic) bond motifs is 2. The van der Waals surface area contributed by atoms with Gasteiger partial charge in [0.1, 0.15) is 36.2 Å². The molecule has 0 aliphatic rings. The number of carbonyl (C=O) groups is 4. The van der Waals surface area contributed by atoms with E-state index in [1.54, 1.807) is 0 Å². The van der Waals surface area contributed by atoms with Crippen LogP contribution in [0.5, 0.6) is 11.5 Å². The number of hydrogen-bond donors (Lipinski definition) is 7. The number of quaternary nitrogens is 1. The van der Waals surface area contributed by atoms with Gasteiger partial charge in [0, 0.05) is 11.1 Å². The summed E-state index contributed by atoms with van der Waals surface area (Å²) in [6, 6.07) is 30.0. The summed E-state index contributed by atoms with van der Waals surface area (Å²) < 4.78 is 18.4. The second kappa shape index (κ2) is 26.0. The zero-order valence-electron chi connectivity index (χ0n) is 37.5. The topological polar surface area (TPSA) is 226 Å². The van der Waals surface area contributed by atoms with Gasteiger partial charge in [-0.3, -0.25) is 30.8 Å². The van der Waals surface area contributed by atoms with Crippen LogP contribution in [0.15, 0.2) is 116 Å². The number of rotatable bonds is 27. The molecule has 0 radical (unpaired) electrons. The lowest BCUT2D eigenvalue weighted by atomic mass is 9.92. The average molecular weight is 888 g/mol. The van der Waals surface area contributed by atoms with E-state index in [0.29, 0.717) is 50.5 Å². The number of amides is 3. The van der Waals surface area contributed by atoms with E-state index in [9.17, 15) is 19.2 Å². The lowest BCUT2D eigenvalue weighted by Crippen LogP contribution is -2.78. The molecule has 14 heteroatoms. The van der Waals surface area contributed by atoms with Gasteiger partial charge in [-0.25, -0.2) is 4.79 Å². The van der Waals surface area contributed by atoms with Crippen molar-refractivity contribution in [2.45, 2.75) is 89.4 Å². The number of nitrogens with one attached hydrogen (secondary N) is 4. The Labute approximate surface area is 381 Å². The number of unbranched alkanes of at least 4 members (excludes halogenated alkanes) is 3. The van der Waals surface area contributed by atoms with Crippen molar-refractivity contribution in [1.82, 2.24) is 16.0 Å². The molecule has 0 spiro atoms. The van der Waals surface area contributed by atoms with Crippen LogP contribution >= 0.6 is 0 Å². The maximum absolute atomic E-state index is 14.1. The number of esters is 1. The highest BCUT2D eigenvalue weighted by Crippen LogP contribution is 2.45. The summed E-state index contributed by atoms with van der Waals surface area (Å²) in [6.07, 6.45) is 6.74. The fourth-order valence-electron chi connectivity index (χ4n) is 7.53. The van der Waals surface area contributed by atoms with Crippen LogP contribution in [0.25, 0.3) is 32.7 Å². The van der Waals surface area contributed by atoms with Gasteiger partial charge in [-0.2, -0.15) is 0 Å². The predicted octanol–water partition coefficient (Wildman–Crippen LogP) is 3.93. The second-order valence-corrected chi connectivity index (χ2v) is 15.9. The first-order chi connectivity index (χ1) is 31.6. The van der Waals surface area contributed by atoms with E-state index in [1.807, 2.05) is 91.0 Å². The van der Waals surface area contributed by atoms with Crippen molar-refractivity contribution < 1.29 is 44.1 Å². The van der Waals surface area contributed by atoms with Gasteiger partial charge in [0.05, 0.1) is 19.7 Å². The summed E-state index contributed by atoms with van der Waals surface area (Å²) in [7, 11) is 0. The quantitative estimate of drug-likeness (QED) is 0.0133. The Hall–Kier alpha value is -6.93. The molecule has 0 unspecified atom stereocenters. The Morgan fingerprint density at radius 2 is 1.28 bits per heavy atom. The predicted molar refractivity (Wildman–Crippen MR) is 254 cm³/mol. The first kappa shape index (κ1) is 49.1. The van der Waals surface area contributed by atoms with Crippen molar-refractivity contribution in [3.8, 4) is 22.6 Å². The van der Waals surface area contributed by atoms with Crippen LogP contribution in [0.4, 0.5) is 0 Å². The van der Waals surface area contributed by atoms with Crippen LogP contribution in [0.2, 0.25) is 0 Å². The fourth-order valence-corrected chi connectivity index (χ4v) is 7.53. The highest BCUT2D eigenvalue weighted by atomic mass is 16.5. The number of benzene rings is 5. The van der Waals surface area contributed by atoms with Crippen molar-refractivity contribution in [3.63, 3.8) is 0 Å². The van der Waals surface area contributed by atoms with E-state index in [4.69, 9.17) is 25.7 Å². The highest BCUT2D eigenvalue weighted by molar-refractivity contribution is 6.10. The molecule has 5 rings (SSSR count). The second-order valence-electron chi connectivity index (χ2n) is 15.9. The molecular formula is C51H65N7O7+2. The summed E-state index contributed by atoms with van der Waals surface area (Å²) in [5, 5.41) is 12.4. The molecule has 65 heavy (non-hydrogen) atoms. The minimum Gasteiger partial charge on any atom is -0.493 e. The van der Waals surface area contributed by atoms with Gasteiger partial charge in [-0.15, -0.1) is 6.58 Å². The molecule has 0 saturated heterocycles. The summed E-state index contributed by atoms with van der Waals surface area (Å²) in [5.74, 6) is -1.15. The molecule has 344 valence electrons. The summed E-state index contributed by atoms with van der Waals surface area (Å²) in [5.41, 5.74) is 17.5. The number of carbonyl (C=O) groups excluding carboxylic acids is 4.